The largest absolute Gasteiger partial charge is 0.493 e. The molecule has 6 rings (SSSR count). The van der Waals surface area contributed by atoms with Gasteiger partial charge in [0.25, 0.3) is 5.91 Å². The quantitative estimate of drug-likeness (QED) is 0.364. The molecule has 4 bridgehead atoms. The van der Waals surface area contributed by atoms with E-state index in [9.17, 15) is 32.4 Å². The first-order valence-electron chi connectivity index (χ1n) is 18.2. The van der Waals surface area contributed by atoms with Gasteiger partial charge in [0.2, 0.25) is 21.8 Å². The molecule has 2 aliphatic carbocycles. The minimum atomic E-state index is -3.92. The Balaban J connectivity index is 1.26. The number of sulfonamides is 1. The molecule has 3 heterocycles. The predicted molar refractivity (Wildman–Crippen MR) is 192 cm³/mol. The van der Waals surface area contributed by atoms with Crippen molar-refractivity contribution in [2.75, 3.05) is 19.8 Å². The van der Waals surface area contributed by atoms with Crippen molar-refractivity contribution < 1.29 is 46.6 Å². The number of ether oxygens (including phenoxy) is 3. The summed E-state index contributed by atoms with van der Waals surface area (Å²) in [4.78, 5) is 71.4. The average Bonchev–Trinajstić information content (AvgIpc) is 3.99. The molecular formula is C37H49N5O10S. The molecule has 1 aromatic rings. The number of nitrogens with one attached hydrogen (secondary N) is 3. The van der Waals surface area contributed by atoms with Crippen LogP contribution in [-0.2, 0) is 47.0 Å². The maximum atomic E-state index is 14.4. The Hall–Kier alpha value is -4.60. The Morgan fingerprint density at radius 2 is 1.81 bits per heavy atom. The zero-order chi connectivity index (χ0) is 38.1. The Kier molecular flexibility index (Phi) is 10.8. The Morgan fingerprint density at radius 1 is 1.06 bits per heavy atom. The zero-order valence-electron chi connectivity index (χ0n) is 30.4. The van der Waals surface area contributed by atoms with Gasteiger partial charge in [-0.05, 0) is 55.6 Å². The summed E-state index contributed by atoms with van der Waals surface area (Å²) < 4.78 is 44.8. The van der Waals surface area contributed by atoms with E-state index in [4.69, 9.17) is 14.2 Å². The predicted octanol–water partition coefficient (Wildman–Crippen LogP) is 3.04. The fourth-order valence-electron chi connectivity index (χ4n) is 7.08. The van der Waals surface area contributed by atoms with E-state index in [2.05, 4.69) is 21.9 Å². The number of nitrogens with zero attached hydrogens (tertiary/aromatic N) is 2. The lowest BCUT2D eigenvalue weighted by atomic mass is 9.85. The summed E-state index contributed by atoms with van der Waals surface area (Å²) in [5.74, 6) is -2.09. The van der Waals surface area contributed by atoms with E-state index in [0.717, 1.165) is 11.1 Å². The fourth-order valence-corrected chi connectivity index (χ4v) is 8.44. The zero-order valence-corrected chi connectivity index (χ0v) is 31.2. The second-order valence-electron chi connectivity index (χ2n) is 15.5. The summed E-state index contributed by atoms with van der Waals surface area (Å²) in [5, 5.41) is 4.76. The van der Waals surface area contributed by atoms with Gasteiger partial charge in [-0.15, -0.1) is 6.58 Å². The standard InChI is InChI=1S/C37H49N5O10S/c1-5-24-19-37(24,33(45)40-53(48,49)26-14-15-26)39-31(43)28-18-25-21-42(28)32(44)30(36(2,3)4)38-34(46)51-17-10-8-6-7-9-16-50-29-13-11-12-23-20-41(22-27(23)29)35(47)52-25/h5-7,11-13,24-26,28,30H,1,8-10,14-22H2,2-4H3,(H,38,46)(H,39,43)(H,40,45)/b7-6+/t24-,25+,28?,30+,37-/m0/s1. The highest BCUT2D eigenvalue weighted by molar-refractivity contribution is 7.91. The van der Waals surface area contributed by atoms with E-state index in [0.29, 0.717) is 44.5 Å². The molecule has 1 aromatic carbocycles. The summed E-state index contributed by atoms with van der Waals surface area (Å²) in [6.45, 7) is 9.94. The second kappa shape index (κ2) is 15.0. The average molecular weight is 756 g/mol. The van der Waals surface area contributed by atoms with Gasteiger partial charge in [0.05, 0.1) is 31.6 Å². The van der Waals surface area contributed by atoms with Gasteiger partial charge in [0.15, 0.2) is 0 Å². The molecular weight excluding hydrogens is 706 g/mol. The van der Waals surface area contributed by atoms with E-state index in [-0.39, 0.29) is 39.1 Å². The third-order valence-electron chi connectivity index (χ3n) is 10.4. The first kappa shape index (κ1) is 38.1. The molecule has 0 spiro atoms. The normalized spacial score (nSPS) is 28.9. The van der Waals surface area contributed by atoms with Crippen molar-refractivity contribution in [2.45, 2.75) is 108 Å². The molecule has 0 aromatic heterocycles. The first-order valence-corrected chi connectivity index (χ1v) is 19.8. The van der Waals surface area contributed by atoms with Crippen LogP contribution in [0.5, 0.6) is 5.75 Å². The SMILES string of the molecule is C=C[C@H]1C[C@@]1(NC(=O)C1C[C@@H]2CN1C(=O)[C@H](C(C)(C)C)NC(=O)OCCC/C=C/CCOc1cccc3c1CN(C3)C(=O)O2)C(=O)NS(=O)(=O)C1CC1. The first-order chi connectivity index (χ1) is 25.1. The molecule has 288 valence electrons. The second-order valence-corrected chi connectivity index (χ2v) is 17.5. The van der Waals surface area contributed by atoms with Crippen LogP contribution in [0.4, 0.5) is 9.59 Å². The van der Waals surface area contributed by atoms with Gasteiger partial charge in [0.1, 0.15) is 29.5 Å². The molecule has 3 fully saturated rings. The number of amides is 5. The van der Waals surface area contributed by atoms with Gasteiger partial charge in [0, 0.05) is 24.4 Å². The van der Waals surface area contributed by atoms with Crippen molar-refractivity contribution in [3.63, 3.8) is 0 Å². The number of rotatable bonds is 6. The summed E-state index contributed by atoms with van der Waals surface area (Å²) in [6.07, 6.45) is 5.88. The monoisotopic (exact) mass is 755 g/mol. The van der Waals surface area contributed by atoms with E-state index in [1.165, 1.54) is 15.9 Å². The van der Waals surface area contributed by atoms with Crippen LogP contribution >= 0.6 is 0 Å². The summed E-state index contributed by atoms with van der Waals surface area (Å²) in [5.41, 5.74) is -0.628. The maximum Gasteiger partial charge on any atom is 0.410 e. The van der Waals surface area contributed by atoms with Crippen LogP contribution in [0.1, 0.15) is 76.8 Å². The van der Waals surface area contributed by atoms with E-state index in [1.54, 1.807) is 20.8 Å². The lowest BCUT2D eigenvalue weighted by molar-refractivity contribution is -0.142. The van der Waals surface area contributed by atoms with Crippen molar-refractivity contribution in [3.8, 4) is 5.75 Å². The maximum absolute atomic E-state index is 14.4. The van der Waals surface area contributed by atoms with Crippen LogP contribution in [0.3, 0.4) is 0 Å². The minimum Gasteiger partial charge on any atom is -0.493 e. The highest BCUT2D eigenvalue weighted by atomic mass is 32.2. The number of carbonyl (C=O) groups is 5. The molecule has 5 amide bonds. The van der Waals surface area contributed by atoms with E-state index in [1.807, 2.05) is 30.4 Å². The third-order valence-corrected chi connectivity index (χ3v) is 12.2. The molecule has 16 heteroatoms. The Labute approximate surface area is 309 Å². The molecule has 3 N–H and O–H groups in total. The van der Waals surface area contributed by atoms with Gasteiger partial charge >= 0.3 is 12.2 Å². The molecule has 0 radical (unpaired) electrons. The third kappa shape index (κ3) is 8.47. The lowest BCUT2D eigenvalue weighted by Gasteiger charge is -2.35. The number of fused-ring (bicyclic) bond motifs is 3. The number of hydrogen-bond acceptors (Lipinski definition) is 10. The van der Waals surface area contributed by atoms with E-state index >= 15 is 0 Å². The van der Waals surface area contributed by atoms with Crippen LogP contribution in [0.2, 0.25) is 0 Å². The summed E-state index contributed by atoms with van der Waals surface area (Å²) in [6, 6.07) is 3.27. The van der Waals surface area contributed by atoms with Crippen molar-refractivity contribution in [3.05, 3.63) is 54.1 Å². The molecule has 1 saturated heterocycles. The molecule has 5 aliphatic rings. The number of cyclic esters (lactones) is 1. The number of carbonyl (C=O) groups excluding carboxylic acids is 5. The molecule has 5 atom stereocenters. The van der Waals surface area contributed by atoms with Crippen molar-refractivity contribution in [1.82, 2.24) is 25.2 Å². The van der Waals surface area contributed by atoms with Gasteiger partial charge in [-0.25, -0.2) is 18.0 Å². The van der Waals surface area contributed by atoms with Crippen LogP contribution < -0.4 is 20.1 Å². The number of hydrogen-bond donors (Lipinski definition) is 3. The van der Waals surface area contributed by atoms with Gasteiger partial charge in [-0.2, -0.15) is 0 Å². The van der Waals surface area contributed by atoms with Crippen molar-refractivity contribution >= 4 is 39.9 Å². The molecule has 3 aliphatic heterocycles. The van der Waals surface area contributed by atoms with Crippen molar-refractivity contribution in [2.24, 2.45) is 11.3 Å². The van der Waals surface area contributed by atoms with Crippen LogP contribution in [0, 0.1) is 11.3 Å². The van der Waals surface area contributed by atoms with Gasteiger partial charge in [-0.3, -0.25) is 24.0 Å². The molecule has 2 saturated carbocycles. The topological polar surface area (TPSA) is 190 Å². The number of allylic oxidation sites excluding steroid dienone is 1. The fraction of sp³-hybridized carbons (Fsp3) is 0.595. The Bertz CT molecular complexity index is 1790. The molecule has 53 heavy (non-hydrogen) atoms. The van der Waals surface area contributed by atoms with E-state index < -0.39 is 80.2 Å². The minimum absolute atomic E-state index is 0.108. The van der Waals surface area contributed by atoms with Crippen LogP contribution in [-0.4, -0.2) is 96.9 Å². The van der Waals surface area contributed by atoms with Crippen LogP contribution in [0.15, 0.2) is 43.0 Å². The van der Waals surface area contributed by atoms with Gasteiger partial charge in [-0.1, -0.05) is 51.1 Å². The number of alkyl carbamates (subject to hydrolysis) is 1. The molecule has 1 unspecified atom stereocenters. The van der Waals surface area contributed by atoms with Crippen molar-refractivity contribution in [1.29, 1.82) is 0 Å². The summed E-state index contributed by atoms with van der Waals surface area (Å²) in [7, 11) is -3.92. The molecule has 15 nitrogen and oxygen atoms in total. The lowest BCUT2D eigenvalue weighted by Crippen LogP contribution is -2.60. The van der Waals surface area contributed by atoms with Crippen LogP contribution in [0.25, 0.3) is 0 Å². The number of benzene rings is 1. The smallest absolute Gasteiger partial charge is 0.410 e. The summed E-state index contributed by atoms with van der Waals surface area (Å²) >= 11 is 0. The highest BCUT2D eigenvalue weighted by Gasteiger charge is 2.62. The Morgan fingerprint density at radius 3 is 2.51 bits per heavy atom. The highest BCUT2D eigenvalue weighted by Crippen LogP contribution is 2.45. The van der Waals surface area contributed by atoms with Gasteiger partial charge < -0.3 is 29.7 Å².